The van der Waals surface area contributed by atoms with Crippen molar-refractivity contribution in [2.75, 3.05) is 6.61 Å². The highest BCUT2D eigenvalue weighted by atomic mass is 16.5. The Labute approximate surface area is 129 Å². The highest BCUT2D eigenvalue weighted by Gasteiger charge is 2.38. The van der Waals surface area contributed by atoms with Crippen LogP contribution in [0, 0.1) is 12.0 Å². The molecule has 0 bridgehead atoms. The zero-order valence-corrected chi connectivity index (χ0v) is 13.2. The summed E-state index contributed by atoms with van der Waals surface area (Å²) >= 11 is 0. The van der Waals surface area contributed by atoms with E-state index in [0.29, 0.717) is 18.0 Å². The molecule has 1 fully saturated rings. The van der Waals surface area contributed by atoms with Gasteiger partial charge in [0.15, 0.2) is 0 Å². The molecule has 1 aliphatic rings. The third-order valence-electron chi connectivity index (χ3n) is 4.37. The third-order valence-corrected chi connectivity index (χ3v) is 4.37. The summed E-state index contributed by atoms with van der Waals surface area (Å²) in [4.78, 5) is 18.6. The lowest BCUT2D eigenvalue weighted by molar-refractivity contribution is 0.249. The zero-order chi connectivity index (χ0) is 15.9. The maximum atomic E-state index is 12.1. The monoisotopic (exact) mass is 296 g/mol. The van der Waals surface area contributed by atoms with E-state index in [9.17, 15) is 4.79 Å². The molecule has 0 spiro atoms. The van der Waals surface area contributed by atoms with Crippen molar-refractivity contribution < 1.29 is 4.74 Å². The molecule has 1 aromatic carbocycles. The predicted molar refractivity (Wildman–Crippen MR) is 87.8 cm³/mol. The number of rotatable bonds is 4. The van der Waals surface area contributed by atoms with Crippen molar-refractivity contribution in [3.05, 3.63) is 45.5 Å². The molecule has 114 valence electrons. The lowest BCUT2D eigenvalue weighted by Crippen LogP contribution is -2.13. The van der Waals surface area contributed by atoms with Crippen molar-refractivity contribution in [1.29, 1.82) is 0 Å². The number of fused-ring (bicyclic) bond motifs is 1. The van der Waals surface area contributed by atoms with Gasteiger partial charge in [0.25, 0.3) is 5.56 Å². The van der Waals surface area contributed by atoms with Gasteiger partial charge < -0.3 is 9.72 Å². The van der Waals surface area contributed by atoms with Gasteiger partial charge in [0, 0.05) is 16.5 Å². The van der Waals surface area contributed by atoms with Crippen LogP contribution in [-0.2, 0) is 0 Å². The molecule has 0 unspecified atom stereocenters. The fraction of sp³-hybridized carbons (Fsp3) is 0.444. The van der Waals surface area contributed by atoms with Crippen LogP contribution < -0.4 is 10.3 Å². The minimum atomic E-state index is -0.0711. The Morgan fingerprint density at radius 1 is 1.36 bits per heavy atom. The molecular formula is C18H20N2O2. The zero-order valence-electron chi connectivity index (χ0n) is 13.2. The van der Waals surface area contributed by atoms with Crippen LogP contribution in [0.5, 0.6) is 5.75 Å². The van der Waals surface area contributed by atoms with Gasteiger partial charge in [-0.3, -0.25) is 4.79 Å². The molecule has 1 saturated carbocycles. The number of H-pyrrole nitrogens is 1. The average molecular weight is 296 g/mol. The van der Waals surface area contributed by atoms with E-state index in [-0.39, 0.29) is 16.9 Å². The first-order valence-corrected chi connectivity index (χ1v) is 7.63. The Hall–Kier alpha value is -2.28. The number of ether oxygens (including phenoxy) is 1. The summed E-state index contributed by atoms with van der Waals surface area (Å²) in [6, 6.07) is 5.45. The largest absolute Gasteiger partial charge is 0.504 e. The van der Waals surface area contributed by atoms with Crippen LogP contribution in [0.2, 0.25) is 0 Å². The Kier molecular flexibility index (Phi) is 3.44. The normalized spacial score (nSPS) is 15.8. The molecule has 0 saturated heterocycles. The van der Waals surface area contributed by atoms with Crippen molar-refractivity contribution >= 4 is 16.6 Å². The predicted octanol–water partition coefficient (Wildman–Crippen LogP) is 4.38. The number of aromatic nitrogens is 1. The SMILES string of the molecule is [C-]#[N+]c1cc2cc(C(C)C)c(=O)[nH]c2cc1OCC1(C)CC1. The molecule has 4 heteroatoms. The molecule has 0 radical (unpaired) electrons. The first-order chi connectivity index (χ1) is 10.4. The topological polar surface area (TPSA) is 46.5 Å². The fourth-order valence-electron chi connectivity index (χ4n) is 2.48. The van der Waals surface area contributed by atoms with Gasteiger partial charge in [0.2, 0.25) is 5.69 Å². The van der Waals surface area contributed by atoms with Gasteiger partial charge in [-0.25, -0.2) is 4.85 Å². The number of nitrogens with zero attached hydrogens (tertiary/aromatic N) is 1. The Morgan fingerprint density at radius 2 is 2.09 bits per heavy atom. The van der Waals surface area contributed by atoms with Crippen LogP contribution in [0.3, 0.4) is 0 Å². The quantitative estimate of drug-likeness (QED) is 0.851. The van der Waals surface area contributed by atoms with Gasteiger partial charge in [0.05, 0.1) is 13.2 Å². The van der Waals surface area contributed by atoms with E-state index in [4.69, 9.17) is 11.3 Å². The summed E-state index contributed by atoms with van der Waals surface area (Å²) < 4.78 is 5.84. The van der Waals surface area contributed by atoms with Crippen LogP contribution in [0.15, 0.2) is 23.0 Å². The van der Waals surface area contributed by atoms with Crippen LogP contribution in [0.1, 0.15) is 45.1 Å². The van der Waals surface area contributed by atoms with E-state index in [1.807, 2.05) is 19.9 Å². The van der Waals surface area contributed by atoms with Crippen LogP contribution in [0.4, 0.5) is 5.69 Å². The molecule has 1 heterocycles. The summed E-state index contributed by atoms with van der Waals surface area (Å²) in [6.07, 6.45) is 2.34. The summed E-state index contributed by atoms with van der Waals surface area (Å²) in [5, 5.41) is 0.874. The first-order valence-electron chi connectivity index (χ1n) is 7.63. The van der Waals surface area contributed by atoms with Gasteiger partial charge in [-0.2, -0.15) is 0 Å². The first kappa shape index (κ1) is 14.6. The Bertz CT molecular complexity index is 823. The number of pyridine rings is 1. The minimum Gasteiger partial charge on any atom is -0.504 e. The molecule has 1 aromatic heterocycles. The number of hydrogen-bond donors (Lipinski definition) is 1. The third kappa shape index (κ3) is 2.71. The van der Waals surface area contributed by atoms with E-state index in [1.54, 1.807) is 12.1 Å². The number of hydrogen-bond acceptors (Lipinski definition) is 2. The van der Waals surface area contributed by atoms with Crippen molar-refractivity contribution in [2.45, 2.75) is 39.5 Å². The lowest BCUT2D eigenvalue weighted by atomic mass is 10.0. The van der Waals surface area contributed by atoms with E-state index in [2.05, 4.69) is 16.8 Å². The summed E-state index contributed by atoms with van der Waals surface area (Å²) in [6.45, 7) is 14.1. The molecule has 2 aromatic rings. The van der Waals surface area contributed by atoms with E-state index in [1.165, 1.54) is 12.8 Å². The molecular weight excluding hydrogens is 276 g/mol. The van der Waals surface area contributed by atoms with Crippen LogP contribution in [0.25, 0.3) is 15.7 Å². The van der Waals surface area contributed by atoms with E-state index in [0.717, 1.165) is 16.5 Å². The second-order valence-electron chi connectivity index (χ2n) is 6.83. The van der Waals surface area contributed by atoms with Crippen LogP contribution in [-0.4, -0.2) is 11.6 Å². The number of benzene rings is 1. The second-order valence-corrected chi connectivity index (χ2v) is 6.83. The second kappa shape index (κ2) is 5.17. The maximum Gasteiger partial charge on any atom is 0.251 e. The van der Waals surface area contributed by atoms with Crippen LogP contribution >= 0.6 is 0 Å². The molecule has 4 nitrogen and oxygen atoms in total. The van der Waals surface area contributed by atoms with Gasteiger partial charge in [-0.05, 0) is 42.3 Å². The summed E-state index contributed by atoms with van der Waals surface area (Å²) in [7, 11) is 0. The molecule has 0 aliphatic heterocycles. The molecule has 1 aliphatic carbocycles. The molecule has 1 N–H and O–H groups in total. The highest BCUT2D eigenvalue weighted by molar-refractivity contribution is 5.86. The summed E-state index contributed by atoms with van der Waals surface area (Å²) in [5.41, 5.74) is 2.14. The Morgan fingerprint density at radius 3 is 2.68 bits per heavy atom. The smallest absolute Gasteiger partial charge is 0.251 e. The van der Waals surface area contributed by atoms with Gasteiger partial charge in [0.1, 0.15) is 5.75 Å². The maximum absolute atomic E-state index is 12.1. The molecule has 3 rings (SSSR count). The molecule has 22 heavy (non-hydrogen) atoms. The number of aromatic amines is 1. The highest BCUT2D eigenvalue weighted by Crippen LogP contribution is 2.45. The van der Waals surface area contributed by atoms with Gasteiger partial charge in [-0.1, -0.05) is 20.8 Å². The van der Waals surface area contributed by atoms with Crippen molar-refractivity contribution in [2.24, 2.45) is 5.41 Å². The standard InChI is InChI=1S/C18H20N2O2/c1-11(2)13-7-12-8-15(19-4)16(9-14(12)20-17(13)21)22-10-18(3)5-6-18/h7-9,11H,5-6,10H2,1-3H3,(H,20,21). The van der Waals surface area contributed by atoms with Crippen molar-refractivity contribution in [3.8, 4) is 5.75 Å². The lowest BCUT2D eigenvalue weighted by Gasteiger charge is -2.14. The van der Waals surface area contributed by atoms with E-state index >= 15 is 0 Å². The summed E-state index contributed by atoms with van der Waals surface area (Å²) in [5.74, 6) is 0.707. The number of nitrogens with one attached hydrogen (secondary N) is 1. The Balaban J connectivity index is 2.04. The van der Waals surface area contributed by atoms with E-state index < -0.39 is 0 Å². The molecule has 0 amide bonds. The van der Waals surface area contributed by atoms with Crippen molar-refractivity contribution in [1.82, 2.24) is 4.98 Å². The minimum absolute atomic E-state index is 0.0711. The van der Waals surface area contributed by atoms with Gasteiger partial charge in [-0.15, -0.1) is 0 Å². The fourth-order valence-corrected chi connectivity index (χ4v) is 2.48. The van der Waals surface area contributed by atoms with Gasteiger partial charge >= 0.3 is 0 Å². The average Bonchev–Trinajstić information content (AvgIpc) is 3.21. The molecule has 0 atom stereocenters. The van der Waals surface area contributed by atoms with Crippen molar-refractivity contribution in [3.63, 3.8) is 0 Å².